The maximum Gasteiger partial charge on any atom is 0.229 e. The third kappa shape index (κ3) is 3.09. The number of para-hydroxylation sites is 2. The summed E-state index contributed by atoms with van der Waals surface area (Å²) in [6, 6.07) is 12.6. The van der Waals surface area contributed by atoms with E-state index >= 15 is 0 Å². The van der Waals surface area contributed by atoms with E-state index in [1.807, 2.05) is 24.3 Å². The first kappa shape index (κ1) is 16.3. The molecule has 0 bridgehead atoms. The Morgan fingerprint density at radius 1 is 1.09 bits per heavy atom. The fourth-order valence-electron chi connectivity index (χ4n) is 2.39. The molecule has 23 heavy (non-hydrogen) atoms. The van der Waals surface area contributed by atoms with Gasteiger partial charge in [0, 0.05) is 0 Å². The van der Waals surface area contributed by atoms with Crippen LogP contribution in [0.25, 0.3) is 11.0 Å². The van der Waals surface area contributed by atoms with Crippen molar-refractivity contribution in [3.63, 3.8) is 0 Å². The molecule has 0 N–H and O–H groups in total. The van der Waals surface area contributed by atoms with E-state index in [1.54, 1.807) is 29.7 Å². The van der Waals surface area contributed by atoms with Gasteiger partial charge < -0.3 is 4.57 Å². The minimum absolute atomic E-state index is 0.00229. The van der Waals surface area contributed by atoms with Crippen molar-refractivity contribution in [3.8, 4) is 0 Å². The van der Waals surface area contributed by atoms with E-state index < -0.39 is 9.84 Å². The van der Waals surface area contributed by atoms with Crippen molar-refractivity contribution in [1.82, 2.24) is 9.55 Å². The van der Waals surface area contributed by atoms with Gasteiger partial charge in [-0.3, -0.25) is 0 Å². The van der Waals surface area contributed by atoms with Crippen LogP contribution in [0.4, 0.5) is 0 Å². The highest BCUT2D eigenvalue weighted by Crippen LogP contribution is 2.26. The molecule has 0 saturated carbocycles. The average Bonchev–Trinajstić information content (AvgIpc) is 2.91. The smallest absolute Gasteiger partial charge is 0.229 e. The average molecular weight is 369 g/mol. The predicted molar refractivity (Wildman–Crippen MR) is 93.0 cm³/mol. The van der Waals surface area contributed by atoms with E-state index in [2.05, 4.69) is 4.98 Å². The van der Waals surface area contributed by atoms with Crippen molar-refractivity contribution in [1.29, 1.82) is 0 Å². The number of aromatic nitrogens is 2. The van der Waals surface area contributed by atoms with Crippen LogP contribution in [0.15, 0.2) is 47.6 Å². The number of benzene rings is 2. The number of sulfone groups is 1. The van der Waals surface area contributed by atoms with Gasteiger partial charge in [-0.15, -0.1) is 0 Å². The molecular weight excluding hydrogens is 355 g/mol. The summed E-state index contributed by atoms with van der Waals surface area (Å²) in [5.41, 5.74) is 2.28. The lowest BCUT2D eigenvalue weighted by Crippen LogP contribution is -2.13. The minimum atomic E-state index is -3.44. The Kier molecular flexibility index (Phi) is 4.36. The molecule has 1 heterocycles. The molecule has 1 aromatic heterocycles. The van der Waals surface area contributed by atoms with Crippen molar-refractivity contribution < 1.29 is 8.42 Å². The van der Waals surface area contributed by atoms with Crippen molar-refractivity contribution in [2.45, 2.75) is 18.6 Å². The van der Waals surface area contributed by atoms with Gasteiger partial charge in [0.05, 0.1) is 33.4 Å². The van der Waals surface area contributed by atoms with Crippen LogP contribution in [0, 0.1) is 0 Å². The lowest BCUT2D eigenvalue weighted by Gasteiger charge is -2.10. The Balaban J connectivity index is 2.18. The van der Waals surface area contributed by atoms with Gasteiger partial charge in [0.2, 0.25) is 15.0 Å². The second-order valence-electron chi connectivity index (χ2n) is 5.12. The predicted octanol–water partition coefficient (Wildman–Crippen LogP) is 4.19. The lowest BCUT2D eigenvalue weighted by atomic mass is 10.2. The van der Waals surface area contributed by atoms with Crippen LogP contribution in [-0.2, 0) is 16.4 Å². The zero-order chi connectivity index (χ0) is 16.6. The van der Waals surface area contributed by atoms with Crippen molar-refractivity contribution >= 4 is 44.1 Å². The van der Waals surface area contributed by atoms with Crippen LogP contribution < -0.4 is 0 Å². The number of hydrogen-bond acceptors (Lipinski definition) is 3. The third-order valence-electron chi connectivity index (χ3n) is 3.60. The fraction of sp³-hybridized carbons (Fsp3) is 0.188. The second kappa shape index (κ2) is 6.15. The van der Waals surface area contributed by atoms with Crippen LogP contribution in [0.5, 0.6) is 0 Å². The van der Waals surface area contributed by atoms with Gasteiger partial charge in [0.1, 0.15) is 0 Å². The van der Waals surface area contributed by atoms with E-state index in [-0.39, 0.29) is 10.9 Å². The molecule has 0 aliphatic rings. The molecule has 120 valence electrons. The summed E-state index contributed by atoms with van der Waals surface area (Å²) in [5.74, 6) is -0.00229. The Morgan fingerprint density at radius 3 is 2.52 bits per heavy atom. The largest absolute Gasteiger partial charge is 0.310 e. The molecule has 0 aliphatic carbocycles. The quantitative estimate of drug-likeness (QED) is 0.693. The molecule has 0 amide bonds. The summed E-state index contributed by atoms with van der Waals surface area (Å²) in [7, 11) is -3.44. The first-order chi connectivity index (χ1) is 10.9. The summed E-state index contributed by atoms with van der Waals surface area (Å²) < 4.78 is 26.4. The van der Waals surface area contributed by atoms with E-state index in [0.717, 1.165) is 11.1 Å². The van der Waals surface area contributed by atoms with E-state index in [1.165, 1.54) is 0 Å². The number of hydrogen-bond donors (Lipinski definition) is 0. The number of rotatable bonds is 4. The van der Waals surface area contributed by atoms with Crippen LogP contribution in [0.2, 0.25) is 10.0 Å². The maximum atomic E-state index is 12.4. The minimum Gasteiger partial charge on any atom is -0.310 e. The van der Waals surface area contributed by atoms with Crippen molar-refractivity contribution in [3.05, 3.63) is 58.1 Å². The van der Waals surface area contributed by atoms with E-state index in [4.69, 9.17) is 23.2 Å². The normalized spacial score (nSPS) is 12.0. The zero-order valence-corrected chi connectivity index (χ0v) is 14.7. The third-order valence-corrected chi connectivity index (χ3v) is 5.97. The molecule has 3 rings (SSSR count). The van der Waals surface area contributed by atoms with Crippen molar-refractivity contribution in [2.24, 2.45) is 0 Å². The number of fused-ring (bicyclic) bond motifs is 1. The monoisotopic (exact) mass is 368 g/mol. The van der Waals surface area contributed by atoms with E-state index in [0.29, 0.717) is 22.1 Å². The Labute approximate surface area is 144 Å². The fourth-order valence-corrected chi connectivity index (χ4v) is 3.71. The highest BCUT2D eigenvalue weighted by atomic mass is 35.5. The van der Waals surface area contributed by atoms with Gasteiger partial charge >= 0.3 is 0 Å². The molecule has 0 atom stereocenters. The van der Waals surface area contributed by atoms with Crippen LogP contribution in [0.3, 0.4) is 0 Å². The number of halogens is 2. The molecule has 0 spiro atoms. The summed E-state index contributed by atoms with van der Waals surface area (Å²) in [6.45, 7) is 1.96. The van der Waals surface area contributed by atoms with Gasteiger partial charge in [-0.2, -0.15) is 0 Å². The molecular formula is C16H14Cl2N2O2S. The van der Waals surface area contributed by atoms with Gasteiger partial charge in [-0.25, -0.2) is 13.4 Å². The van der Waals surface area contributed by atoms with Crippen LogP contribution in [0.1, 0.15) is 12.5 Å². The Morgan fingerprint density at radius 2 is 1.83 bits per heavy atom. The zero-order valence-electron chi connectivity index (χ0n) is 12.3. The topological polar surface area (TPSA) is 52.0 Å². The molecule has 4 nitrogen and oxygen atoms in total. The molecule has 2 aromatic carbocycles. The summed E-state index contributed by atoms with van der Waals surface area (Å²) in [5, 5.41) is 0.980. The highest BCUT2D eigenvalue weighted by Gasteiger charge is 2.22. The van der Waals surface area contributed by atoms with Crippen LogP contribution >= 0.6 is 23.2 Å². The van der Waals surface area contributed by atoms with Gasteiger partial charge in [-0.1, -0.05) is 48.3 Å². The van der Waals surface area contributed by atoms with Gasteiger partial charge in [0.25, 0.3) is 0 Å². The lowest BCUT2D eigenvalue weighted by molar-refractivity contribution is 0.576. The summed E-state index contributed by atoms with van der Waals surface area (Å²) in [4.78, 5) is 4.31. The number of imidazole rings is 1. The van der Waals surface area contributed by atoms with Crippen molar-refractivity contribution in [2.75, 3.05) is 5.75 Å². The first-order valence-electron chi connectivity index (χ1n) is 7.04. The molecule has 0 radical (unpaired) electrons. The molecule has 7 heteroatoms. The van der Waals surface area contributed by atoms with E-state index in [9.17, 15) is 8.42 Å². The maximum absolute atomic E-state index is 12.4. The second-order valence-corrected chi connectivity index (χ2v) is 8.11. The van der Waals surface area contributed by atoms with Gasteiger partial charge in [0.15, 0.2) is 0 Å². The molecule has 0 unspecified atom stereocenters. The molecule has 0 aliphatic heterocycles. The Hall–Kier alpha value is -1.56. The molecule has 3 aromatic rings. The SMILES string of the molecule is CCS(=O)(=O)c1nc2ccccc2n1Cc1ccc(Cl)c(Cl)c1. The number of nitrogens with zero attached hydrogens (tertiary/aromatic N) is 2. The van der Waals surface area contributed by atoms with Gasteiger partial charge in [-0.05, 0) is 29.8 Å². The summed E-state index contributed by atoms with van der Waals surface area (Å²) in [6.07, 6.45) is 0. The van der Waals surface area contributed by atoms with Crippen LogP contribution in [-0.4, -0.2) is 23.7 Å². The Bertz CT molecular complexity index is 981. The molecule has 0 saturated heterocycles. The standard InChI is InChI=1S/C16H14Cl2N2O2S/c1-2-23(21,22)16-19-14-5-3-4-6-15(14)20(16)10-11-7-8-12(17)13(18)9-11/h3-9H,2,10H2,1H3. The summed E-state index contributed by atoms with van der Waals surface area (Å²) >= 11 is 12.0. The highest BCUT2D eigenvalue weighted by molar-refractivity contribution is 7.91. The molecule has 0 fully saturated rings. The first-order valence-corrected chi connectivity index (χ1v) is 9.45.